The fourth-order valence-corrected chi connectivity index (χ4v) is 9.93. The lowest BCUT2D eigenvalue weighted by molar-refractivity contribution is 0.672. The highest BCUT2D eigenvalue weighted by Gasteiger charge is 2.18. The van der Waals surface area contributed by atoms with E-state index in [1.165, 1.54) is 54.7 Å². The van der Waals surface area contributed by atoms with E-state index in [-0.39, 0.29) is 0 Å². The maximum atomic E-state index is 6.71. The maximum Gasteiger partial charge on any atom is 0.143 e. The second-order valence-electron chi connectivity index (χ2n) is 16.9. The van der Waals surface area contributed by atoms with Crippen molar-refractivity contribution in [3.05, 3.63) is 243 Å². The summed E-state index contributed by atoms with van der Waals surface area (Å²) >= 11 is 0. The highest BCUT2D eigenvalue weighted by atomic mass is 16.3. The van der Waals surface area contributed by atoms with E-state index >= 15 is 0 Å². The number of hydrogen-bond acceptors (Lipinski definition) is 2. The van der Waals surface area contributed by atoms with Crippen molar-refractivity contribution in [3.8, 4) is 39.1 Å². The summed E-state index contributed by atoms with van der Waals surface area (Å²) in [5.74, 6) is 0. The van der Waals surface area contributed by atoms with Crippen LogP contribution in [-0.2, 0) is 0 Å². The first-order valence-electron chi connectivity index (χ1n) is 22.2. The van der Waals surface area contributed by atoms with Crippen LogP contribution in [0.15, 0.2) is 247 Å². The second-order valence-corrected chi connectivity index (χ2v) is 16.9. The van der Waals surface area contributed by atoms with Crippen LogP contribution in [0.3, 0.4) is 0 Å². The van der Waals surface area contributed by atoms with E-state index in [2.05, 4.69) is 252 Å². The third-order valence-corrected chi connectivity index (χ3v) is 13.2. The Bertz CT molecular complexity index is 3880. The zero-order valence-electron chi connectivity index (χ0n) is 35.4. The minimum atomic E-state index is 0.862. The molecular weight excluding hydrogens is 789 g/mol. The van der Waals surface area contributed by atoms with E-state index in [4.69, 9.17) is 4.42 Å². The molecule has 0 saturated carbocycles. The smallest absolute Gasteiger partial charge is 0.143 e. The Hall–Kier alpha value is -8.66. The number of nitrogens with zero attached hydrogens (tertiary/aromatic N) is 2. The van der Waals surface area contributed by atoms with E-state index in [0.717, 1.165) is 66.8 Å². The summed E-state index contributed by atoms with van der Waals surface area (Å²) in [5, 5.41) is 9.55. The van der Waals surface area contributed by atoms with Gasteiger partial charge in [0.15, 0.2) is 0 Å². The molecule has 304 valence electrons. The van der Waals surface area contributed by atoms with Gasteiger partial charge in [0.1, 0.15) is 11.2 Å². The van der Waals surface area contributed by atoms with Gasteiger partial charge in [-0.3, -0.25) is 0 Å². The van der Waals surface area contributed by atoms with E-state index in [9.17, 15) is 0 Å². The van der Waals surface area contributed by atoms with Gasteiger partial charge in [-0.05, 0) is 122 Å². The van der Waals surface area contributed by atoms with Crippen molar-refractivity contribution in [1.29, 1.82) is 0 Å². The van der Waals surface area contributed by atoms with Gasteiger partial charge in [-0.25, -0.2) is 0 Å². The summed E-state index contributed by atoms with van der Waals surface area (Å²) in [4.78, 5) is 2.33. The van der Waals surface area contributed by atoms with Gasteiger partial charge in [0.05, 0.1) is 11.0 Å². The Labute approximate surface area is 376 Å². The molecule has 2 aromatic heterocycles. The standard InChI is InChI=1S/C62H40N2O/c1-2-12-47-38-49(25-24-41(47)10-1)44-22-20-42(21-23-44)43-26-31-50(32-27-43)63(53-35-37-57-58-36-30-46-11-3-4-15-54(46)62(58)65-61(57)40-53)51-33-28-45(29-34-51)48-13-9-14-52(39-48)64-59-18-7-5-16-55(59)56-17-6-8-19-60(56)64/h1-40H. The number of rotatable bonds is 7. The molecule has 0 amide bonds. The quantitative estimate of drug-likeness (QED) is 0.160. The highest BCUT2D eigenvalue weighted by molar-refractivity contribution is 6.15. The fourth-order valence-electron chi connectivity index (χ4n) is 9.93. The molecule has 65 heavy (non-hydrogen) atoms. The van der Waals surface area contributed by atoms with Gasteiger partial charge >= 0.3 is 0 Å². The molecule has 0 bridgehead atoms. The Balaban J connectivity index is 0.875. The maximum absolute atomic E-state index is 6.71. The first kappa shape index (κ1) is 36.9. The molecule has 0 unspecified atom stereocenters. The SMILES string of the molecule is c1cc(-c2ccc(N(c3ccc(-c4ccc(-c5ccc6ccccc6c5)cc4)cc3)c3ccc4c(c3)oc3c5ccccc5ccc43)cc2)cc(-n2c3ccccc3c3ccccc32)c1. The Morgan fingerprint density at radius 2 is 0.785 bits per heavy atom. The molecule has 2 heterocycles. The van der Waals surface area contributed by atoms with Crippen molar-refractivity contribution in [2.75, 3.05) is 4.90 Å². The summed E-state index contributed by atoms with van der Waals surface area (Å²) < 4.78 is 9.09. The summed E-state index contributed by atoms with van der Waals surface area (Å²) in [6.07, 6.45) is 0. The Kier molecular flexibility index (Phi) is 8.53. The Morgan fingerprint density at radius 3 is 1.46 bits per heavy atom. The number of aromatic nitrogens is 1. The molecule has 0 spiro atoms. The zero-order chi connectivity index (χ0) is 42.8. The van der Waals surface area contributed by atoms with Crippen LogP contribution in [0.1, 0.15) is 0 Å². The molecule has 0 N–H and O–H groups in total. The largest absolute Gasteiger partial charge is 0.455 e. The molecule has 0 radical (unpaired) electrons. The first-order chi connectivity index (χ1) is 32.2. The predicted molar refractivity (Wildman–Crippen MR) is 274 cm³/mol. The molecule has 0 aliphatic rings. The second kappa shape index (κ2) is 15.0. The van der Waals surface area contributed by atoms with Crippen LogP contribution in [-0.4, -0.2) is 4.57 Å². The van der Waals surface area contributed by atoms with Gasteiger partial charge in [-0.15, -0.1) is 0 Å². The molecule has 13 rings (SSSR count). The topological polar surface area (TPSA) is 21.3 Å². The lowest BCUT2D eigenvalue weighted by atomic mass is 9.98. The summed E-state index contributed by atoms with van der Waals surface area (Å²) in [6, 6.07) is 87.6. The predicted octanol–water partition coefficient (Wildman–Crippen LogP) is 17.5. The van der Waals surface area contributed by atoms with Crippen LogP contribution < -0.4 is 4.90 Å². The van der Waals surface area contributed by atoms with Crippen molar-refractivity contribution in [1.82, 2.24) is 4.57 Å². The van der Waals surface area contributed by atoms with Gasteiger partial charge in [0.25, 0.3) is 0 Å². The molecule has 3 heteroatoms. The lowest BCUT2D eigenvalue weighted by Gasteiger charge is -2.26. The van der Waals surface area contributed by atoms with E-state index < -0.39 is 0 Å². The van der Waals surface area contributed by atoms with Crippen LogP contribution in [0.4, 0.5) is 17.1 Å². The van der Waals surface area contributed by atoms with Crippen molar-refractivity contribution in [2.45, 2.75) is 0 Å². The van der Waals surface area contributed by atoms with Crippen LogP contribution in [0.5, 0.6) is 0 Å². The molecule has 11 aromatic carbocycles. The monoisotopic (exact) mass is 828 g/mol. The minimum absolute atomic E-state index is 0.862. The fraction of sp³-hybridized carbons (Fsp3) is 0. The van der Waals surface area contributed by atoms with Gasteiger partial charge in [0.2, 0.25) is 0 Å². The number of para-hydroxylation sites is 2. The van der Waals surface area contributed by atoms with E-state index in [1.807, 2.05) is 0 Å². The molecule has 0 atom stereocenters. The average molecular weight is 829 g/mol. The number of benzene rings is 11. The number of furan rings is 1. The molecule has 0 saturated heterocycles. The van der Waals surface area contributed by atoms with Crippen LogP contribution in [0.2, 0.25) is 0 Å². The number of hydrogen-bond donors (Lipinski definition) is 0. The van der Waals surface area contributed by atoms with E-state index in [1.54, 1.807) is 0 Å². The molecular formula is C62H40N2O. The van der Waals surface area contributed by atoms with Gasteiger partial charge < -0.3 is 13.9 Å². The summed E-state index contributed by atoms with van der Waals surface area (Å²) in [6.45, 7) is 0. The van der Waals surface area contributed by atoms with E-state index in [0.29, 0.717) is 0 Å². The molecule has 0 fully saturated rings. The Morgan fingerprint density at radius 1 is 0.292 bits per heavy atom. The van der Waals surface area contributed by atoms with Gasteiger partial charge in [0, 0.05) is 55.7 Å². The van der Waals surface area contributed by atoms with Gasteiger partial charge in [-0.2, -0.15) is 0 Å². The lowest BCUT2D eigenvalue weighted by Crippen LogP contribution is -2.09. The normalized spacial score (nSPS) is 11.7. The van der Waals surface area contributed by atoms with Gasteiger partial charge in [-0.1, -0.05) is 164 Å². The van der Waals surface area contributed by atoms with Crippen LogP contribution in [0.25, 0.3) is 104 Å². The third kappa shape index (κ3) is 6.28. The van der Waals surface area contributed by atoms with Crippen LogP contribution >= 0.6 is 0 Å². The molecule has 0 aliphatic heterocycles. The first-order valence-corrected chi connectivity index (χ1v) is 22.2. The molecule has 13 aromatic rings. The molecule has 3 nitrogen and oxygen atoms in total. The van der Waals surface area contributed by atoms with Crippen molar-refractivity contribution < 1.29 is 4.42 Å². The summed E-state index contributed by atoms with van der Waals surface area (Å²) in [5.41, 5.74) is 15.5. The highest BCUT2D eigenvalue weighted by Crippen LogP contribution is 2.42. The third-order valence-electron chi connectivity index (χ3n) is 13.2. The number of anilines is 3. The van der Waals surface area contributed by atoms with Crippen molar-refractivity contribution in [3.63, 3.8) is 0 Å². The summed E-state index contributed by atoms with van der Waals surface area (Å²) in [7, 11) is 0. The minimum Gasteiger partial charge on any atom is -0.455 e. The molecule has 0 aliphatic carbocycles. The van der Waals surface area contributed by atoms with Crippen LogP contribution in [0, 0.1) is 0 Å². The van der Waals surface area contributed by atoms with Crippen molar-refractivity contribution >= 4 is 82.4 Å². The van der Waals surface area contributed by atoms with Crippen molar-refractivity contribution in [2.24, 2.45) is 0 Å². The average Bonchev–Trinajstić information content (AvgIpc) is 3.93. The zero-order valence-corrected chi connectivity index (χ0v) is 35.4. The number of fused-ring (bicyclic) bond motifs is 9.